The molecule has 2 nitrogen and oxygen atoms in total. The Hall–Kier alpha value is -0.340. The van der Waals surface area contributed by atoms with E-state index in [1.54, 1.807) is 0 Å². The Morgan fingerprint density at radius 3 is 2.57 bits per heavy atom. The molecule has 0 N–H and O–H groups in total. The highest BCUT2D eigenvalue weighted by Gasteiger charge is 2.66. The van der Waals surface area contributed by atoms with Crippen LogP contribution in [0.15, 0.2) is 11.6 Å². The summed E-state index contributed by atoms with van der Waals surface area (Å²) in [6.07, 6.45) is 14.8. The number of fused-ring (bicyclic) bond motifs is 6. The Kier molecular flexibility index (Phi) is 3.15. The molecular weight excluding hydrogens is 284 g/mol. The highest BCUT2D eigenvalue weighted by atomic mass is 16.7. The predicted molar refractivity (Wildman–Crippen MR) is 91.0 cm³/mol. The van der Waals surface area contributed by atoms with Crippen molar-refractivity contribution in [2.75, 3.05) is 13.2 Å². The summed E-state index contributed by atoms with van der Waals surface area (Å²) in [6, 6.07) is 0. The molecule has 3 saturated carbocycles. The number of ether oxygens (including phenoxy) is 2. The van der Waals surface area contributed by atoms with Gasteiger partial charge in [-0.2, -0.15) is 0 Å². The van der Waals surface area contributed by atoms with Gasteiger partial charge >= 0.3 is 0 Å². The molecule has 0 aromatic carbocycles. The summed E-state index contributed by atoms with van der Waals surface area (Å²) in [4.78, 5) is 0. The minimum Gasteiger partial charge on any atom is -0.347 e. The Morgan fingerprint density at radius 1 is 0.957 bits per heavy atom. The van der Waals surface area contributed by atoms with Gasteiger partial charge < -0.3 is 9.47 Å². The lowest BCUT2D eigenvalue weighted by Gasteiger charge is -2.58. The van der Waals surface area contributed by atoms with Crippen LogP contribution in [0.1, 0.15) is 71.6 Å². The molecule has 1 spiro atoms. The van der Waals surface area contributed by atoms with Crippen LogP contribution in [0.2, 0.25) is 0 Å². The molecule has 2 heteroatoms. The Labute approximate surface area is 141 Å². The van der Waals surface area contributed by atoms with Crippen LogP contribution in [-0.2, 0) is 9.47 Å². The summed E-state index contributed by atoms with van der Waals surface area (Å²) in [5.41, 5.74) is 2.58. The summed E-state index contributed by atoms with van der Waals surface area (Å²) in [7, 11) is 0. The van der Waals surface area contributed by atoms with Crippen molar-refractivity contribution < 1.29 is 9.47 Å². The first kappa shape index (κ1) is 15.0. The molecule has 0 radical (unpaired) electrons. The Bertz CT molecular complexity index is 532. The van der Waals surface area contributed by atoms with Gasteiger partial charge in [0.25, 0.3) is 0 Å². The van der Waals surface area contributed by atoms with E-state index in [9.17, 15) is 0 Å². The fourth-order valence-corrected chi connectivity index (χ4v) is 7.58. The molecule has 0 aromatic rings. The molecule has 5 atom stereocenters. The van der Waals surface area contributed by atoms with Crippen LogP contribution in [0.5, 0.6) is 0 Å². The highest BCUT2D eigenvalue weighted by molar-refractivity contribution is 5.25. The molecule has 4 fully saturated rings. The van der Waals surface area contributed by atoms with Crippen molar-refractivity contribution >= 4 is 0 Å². The minimum absolute atomic E-state index is 0.236. The van der Waals surface area contributed by atoms with Gasteiger partial charge in [0.1, 0.15) is 0 Å². The van der Waals surface area contributed by atoms with Gasteiger partial charge in [0.15, 0.2) is 5.79 Å². The van der Waals surface area contributed by atoms with E-state index in [1.165, 1.54) is 51.4 Å². The fraction of sp³-hybridized carbons (Fsp3) is 0.905. The van der Waals surface area contributed by atoms with E-state index >= 15 is 0 Å². The van der Waals surface area contributed by atoms with Crippen molar-refractivity contribution in [1.29, 1.82) is 0 Å². The van der Waals surface area contributed by atoms with Gasteiger partial charge in [0.05, 0.1) is 13.2 Å². The smallest absolute Gasteiger partial charge is 0.174 e. The zero-order valence-corrected chi connectivity index (χ0v) is 14.9. The third-order valence-corrected chi connectivity index (χ3v) is 8.82. The predicted octanol–water partition coefficient (Wildman–Crippen LogP) is 5.08. The third kappa shape index (κ3) is 1.78. The molecule has 0 aromatic heterocycles. The normalized spacial score (nSPS) is 51.0. The first-order valence-corrected chi connectivity index (χ1v) is 10.1. The summed E-state index contributed by atoms with van der Waals surface area (Å²) in [5, 5.41) is 0. The molecule has 128 valence electrons. The van der Waals surface area contributed by atoms with E-state index in [2.05, 4.69) is 19.9 Å². The second kappa shape index (κ2) is 4.85. The Balaban J connectivity index is 1.51. The quantitative estimate of drug-likeness (QED) is 0.580. The molecule has 1 heterocycles. The molecule has 23 heavy (non-hydrogen) atoms. The van der Waals surface area contributed by atoms with E-state index < -0.39 is 0 Å². The van der Waals surface area contributed by atoms with Crippen molar-refractivity contribution in [2.24, 2.45) is 28.6 Å². The van der Waals surface area contributed by atoms with Crippen molar-refractivity contribution in [3.05, 3.63) is 11.6 Å². The first-order chi connectivity index (χ1) is 11.1. The van der Waals surface area contributed by atoms with Crippen molar-refractivity contribution in [2.45, 2.75) is 77.4 Å². The monoisotopic (exact) mass is 316 g/mol. The average Bonchev–Trinajstić information content (AvgIpc) is 3.14. The number of hydrogen-bond acceptors (Lipinski definition) is 2. The molecule has 0 bridgehead atoms. The molecule has 0 amide bonds. The van der Waals surface area contributed by atoms with Crippen LogP contribution < -0.4 is 0 Å². The van der Waals surface area contributed by atoms with E-state index in [0.717, 1.165) is 37.4 Å². The van der Waals surface area contributed by atoms with Gasteiger partial charge in [-0.05, 0) is 68.1 Å². The van der Waals surface area contributed by atoms with E-state index in [4.69, 9.17) is 9.47 Å². The lowest BCUT2D eigenvalue weighted by molar-refractivity contribution is -0.242. The largest absolute Gasteiger partial charge is 0.347 e. The maximum absolute atomic E-state index is 6.25. The standard InChI is InChI=1S/C21H32O2/c1-19-10-4-3-5-15(19)6-7-16-17(19)8-11-20(2)18(16)9-12-21(20)22-13-14-23-21/h6,16-18H,3-5,7-14H2,1-2H3/t16-,17+,18+,19-,20-/m0/s1. The van der Waals surface area contributed by atoms with E-state index in [0.29, 0.717) is 5.41 Å². The molecule has 1 saturated heterocycles. The summed E-state index contributed by atoms with van der Waals surface area (Å²) >= 11 is 0. The van der Waals surface area contributed by atoms with E-state index in [1.807, 2.05) is 5.57 Å². The number of hydrogen-bond donors (Lipinski definition) is 0. The van der Waals surface area contributed by atoms with Gasteiger partial charge in [-0.3, -0.25) is 0 Å². The maximum atomic E-state index is 6.25. The second-order valence-electron chi connectivity index (χ2n) is 9.41. The van der Waals surface area contributed by atoms with Gasteiger partial charge in [-0.1, -0.05) is 31.9 Å². The van der Waals surface area contributed by atoms with E-state index in [-0.39, 0.29) is 11.2 Å². The maximum Gasteiger partial charge on any atom is 0.174 e. The number of rotatable bonds is 0. The van der Waals surface area contributed by atoms with Crippen molar-refractivity contribution in [3.8, 4) is 0 Å². The van der Waals surface area contributed by atoms with Crippen molar-refractivity contribution in [1.82, 2.24) is 0 Å². The minimum atomic E-state index is -0.236. The van der Waals surface area contributed by atoms with Crippen molar-refractivity contribution in [3.63, 3.8) is 0 Å². The zero-order valence-electron chi connectivity index (χ0n) is 14.9. The lowest BCUT2D eigenvalue weighted by Crippen LogP contribution is -2.54. The topological polar surface area (TPSA) is 18.5 Å². The highest BCUT2D eigenvalue weighted by Crippen LogP contribution is 2.68. The fourth-order valence-electron chi connectivity index (χ4n) is 7.58. The lowest BCUT2D eigenvalue weighted by atomic mass is 9.48. The van der Waals surface area contributed by atoms with Crippen LogP contribution in [0, 0.1) is 28.6 Å². The molecule has 5 rings (SSSR count). The molecule has 5 aliphatic rings. The molecule has 1 aliphatic heterocycles. The third-order valence-electron chi connectivity index (χ3n) is 8.82. The van der Waals surface area contributed by atoms with Crippen LogP contribution >= 0.6 is 0 Å². The van der Waals surface area contributed by atoms with Gasteiger partial charge in [-0.25, -0.2) is 0 Å². The summed E-state index contributed by atoms with van der Waals surface area (Å²) in [6.45, 7) is 6.70. The average molecular weight is 316 g/mol. The Morgan fingerprint density at radius 2 is 1.74 bits per heavy atom. The summed E-state index contributed by atoms with van der Waals surface area (Å²) < 4.78 is 12.5. The second-order valence-corrected chi connectivity index (χ2v) is 9.41. The van der Waals surface area contributed by atoms with Crippen LogP contribution in [0.4, 0.5) is 0 Å². The molecular formula is C21H32O2. The molecule has 0 unspecified atom stereocenters. The zero-order chi connectivity index (χ0) is 15.7. The van der Waals surface area contributed by atoms with Crippen LogP contribution in [0.25, 0.3) is 0 Å². The van der Waals surface area contributed by atoms with Gasteiger partial charge in [0.2, 0.25) is 0 Å². The number of allylic oxidation sites excluding steroid dienone is 2. The SMILES string of the molecule is C[C@]12CCCCC1=CC[C@H]1[C@H]2CC[C@@]2(C)[C@@H]1CCC21OCCO1. The van der Waals surface area contributed by atoms with Crippen LogP contribution in [0.3, 0.4) is 0 Å². The van der Waals surface area contributed by atoms with Gasteiger partial charge in [0, 0.05) is 11.8 Å². The van der Waals surface area contributed by atoms with Gasteiger partial charge in [-0.15, -0.1) is 0 Å². The first-order valence-electron chi connectivity index (χ1n) is 10.1. The summed E-state index contributed by atoms with van der Waals surface area (Å²) in [5.74, 6) is 2.35. The molecule has 4 aliphatic carbocycles. The van der Waals surface area contributed by atoms with Crippen LogP contribution in [-0.4, -0.2) is 19.0 Å².